The average molecular weight is 279 g/mol. The molecule has 18 heavy (non-hydrogen) atoms. The summed E-state index contributed by atoms with van der Waals surface area (Å²) in [7, 11) is 0. The fraction of sp³-hybridized carbons (Fsp3) is 0.0769. The van der Waals surface area contributed by atoms with Crippen LogP contribution < -0.4 is 5.73 Å². The van der Waals surface area contributed by atoms with Gasteiger partial charge in [0.25, 0.3) is 0 Å². The Morgan fingerprint density at radius 3 is 2.67 bits per heavy atom. The molecule has 0 atom stereocenters. The lowest BCUT2D eigenvalue weighted by Crippen LogP contribution is -1.99. The number of anilines is 1. The Morgan fingerprint density at radius 1 is 1.33 bits per heavy atom. The molecule has 2 N–H and O–H groups in total. The highest BCUT2D eigenvalue weighted by atomic mass is 35.5. The van der Waals surface area contributed by atoms with Gasteiger partial charge in [-0.05, 0) is 37.3 Å². The number of nitrogens with zero attached hydrogens (tertiary/aromatic N) is 1. The van der Waals surface area contributed by atoms with Crippen LogP contribution in [0.4, 0.5) is 5.69 Å². The molecule has 5 heteroatoms. The first-order valence-corrected chi connectivity index (χ1v) is 6.45. The van der Waals surface area contributed by atoms with Crippen molar-refractivity contribution in [2.45, 2.75) is 16.8 Å². The van der Waals surface area contributed by atoms with Crippen LogP contribution in [0.15, 0.2) is 46.5 Å². The first kappa shape index (κ1) is 12.9. The van der Waals surface area contributed by atoms with Crippen LogP contribution >= 0.6 is 23.4 Å². The first-order valence-electron chi connectivity index (χ1n) is 5.26. The number of Topliss-reactive ketones (excluding diaryl/α,β-unsaturated/α-hetero) is 1. The van der Waals surface area contributed by atoms with Crippen LogP contribution in [0.2, 0.25) is 5.02 Å². The van der Waals surface area contributed by atoms with Gasteiger partial charge in [-0.25, -0.2) is 4.98 Å². The third kappa shape index (κ3) is 3.03. The van der Waals surface area contributed by atoms with E-state index in [1.54, 1.807) is 24.4 Å². The van der Waals surface area contributed by atoms with Crippen LogP contribution in [0, 0.1) is 0 Å². The van der Waals surface area contributed by atoms with Gasteiger partial charge in [0.15, 0.2) is 5.78 Å². The van der Waals surface area contributed by atoms with E-state index in [-0.39, 0.29) is 5.78 Å². The second-order valence-corrected chi connectivity index (χ2v) is 5.25. The van der Waals surface area contributed by atoms with Crippen molar-refractivity contribution in [1.29, 1.82) is 0 Å². The van der Waals surface area contributed by atoms with Crippen molar-refractivity contribution in [3.63, 3.8) is 0 Å². The van der Waals surface area contributed by atoms with Crippen molar-refractivity contribution in [3.05, 3.63) is 47.1 Å². The molecule has 0 bridgehead atoms. The predicted molar refractivity (Wildman–Crippen MR) is 74.2 cm³/mol. The monoisotopic (exact) mass is 278 g/mol. The molecular weight excluding hydrogens is 268 g/mol. The van der Waals surface area contributed by atoms with Gasteiger partial charge in [0.2, 0.25) is 0 Å². The minimum atomic E-state index is -0.0336. The van der Waals surface area contributed by atoms with Gasteiger partial charge in [0, 0.05) is 22.3 Å². The maximum atomic E-state index is 11.3. The van der Waals surface area contributed by atoms with Crippen molar-refractivity contribution < 1.29 is 4.79 Å². The number of nitrogens with two attached hydrogens (primary N) is 1. The zero-order chi connectivity index (χ0) is 13.1. The Balaban J connectivity index is 2.22. The Labute approximate surface area is 114 Å². The topological polar surface area (TPSA) is 56.0 Å². The van der Waals surface area contributed by atoms with Gasteiger partial charge in [-0.15, -0.1) is 0 Å². The summed E-state index contributed by atoms with van der Waals surface area (Å²) in [5.41, 5.74) is 6.86. The molecule has 0 unspecified atom stereocenters. The molecule has 0 fully saturated rings. The number of nitrogen functional groups attached to an aromatic ring is 1. The van der Waals surface area contributed by atoms with E-state index in [0.717, 1.165) is 9.92 Å². The highest BCUT2D eigenvalue weighted by molar-refractivity contribution is 7.99. The Bertz CT molecular complexity index is 584. The third-order valence-corrected chi connectivity index (χ3v) is 3.49. The van der Waals surface area contributed by atoms with Gasteiger partial charge in [0.05, 0.1) is 5.02 Å². The second-order valence-electron chi connectivity index (χ2n) is 3.72. The van der Waals surface area contributed by atoms with Gasteiger partial charge >= 0.3 is 0 Å². The van der Waals surface area contributed by atoms with Crippen LogP contribution in [0.25, 0.3) is 0 Å². The molecule has 0 aliphatic rings. The van der Waals surface area contributed by atoms with Crippen LogP contribution in [-0.2, 0) is 0 Å². The molecule has 0 saturated carbocycles. The van der Waals surface area contributed by atoms with E-state index in [2.05, 4.69) is 4.98 Å². The molecule has 2 rings (SSSR count). The summed E-state index contributed by atoms with van der Waals surface area (Å²) < 4.78 is 0. The second kappa shape index (κ2) is 5.42. The number of benzene rings is 1. The molecule has 0 radical (unpaired) electrons. The molecule has 0 aliphatic heterocycles. The van der Waals surface area contributed by atoms with Crippen molar-refractivity contribution in [3.8, 4) is 0 Å². The fourth-order valence-electron chi connectivity index (χ4n) is 1.47. The van der Waals surface area contributed by atoms with Crippen LogP contribution in [0.5, 0.6) is 0 Å². The number of hydrogen-bond acceptors (Lipinski definition) is 4. The zero-order valence-corrected chi connectivity index (χ0v) is 11.3. The number of hydrogen-bond donors (Lipinski definition) is 1. The normalized spacial score (nSPS) is 10.3. The summed E-state index contributed by atoms with van der Waals surface area (Å²) in [4.78, 5) is 16.4. The number of aromatic nitrogens is 1. The van der Waals surface area contributed by atoms with E-state index in [1.807, 2.05) is 12.1 Å². The summed E-state index contributed by atoms with van der Waals surface area (Å²) in [5.74, 6) is -0.0336. The Hall–Kier alpha value is -1.52. The summed E-state index contributed by atoms with van der Waals surface area (Å²) in [5, 5.41) is 1.43. The van der Waals surface area contributed by atoms with E-state index < -0.39 is 0 Å². The van der Waals surface area contributed by atoms with E-state index in [9.17, 15) is 4.79 Å². The summed E-state index contributed by atoms with van der Waals surface area (Å²) in [6.07, 6.45) is 1.59. The smallest absolute Gasteiger partial charge is 0.161 e. The minimum absolute atomic E-state index is 0.0336. The van der Waals surface area contributed by atoms with Crippen molar-refractivity contribution in [2.75, 3.05) is 5.73 Å². The zero-order valence-electron chi connectivity index (χ0n) is 9.68. The van der Waals surface area contributed by atoms with Gasteiger partial charge in [-0.3, -0.25) is 4.79 Å². The summed E-state index contributed by atoms with van der Waals surface area (Å²) in [6, 6.07) is 8.98. The van der Waals surface area contributed by atoms with E-state index in [0.29, 0.717) is 16.3 Å². The lowest BCUT2D eigenvalue weighted by molar-refractivity contribution is 0.101. The van der Waals surface area contributed by atoms with Crippen LogP contribution in [-0.4, -0.2) is 10.8 Å². The minimum Gasteiger partial charge on any atom is -0.398 e. The molecular formula is C13H11ClN2OS. The molecule has 0 amide bonds. The summed E-state index contributed by atoms with van der Waals surface area (Å²) in [6.45, 7) is 1.50. The fourth-order valence-corrected chi connectivity index (χ4v) is 2.39. The molecule has 1 aromatic carbocycles. The largest absolute Gasteiger partial charge is 0.398 e. The molecule has 0 aliphatic carbocycles. The maximum absolute atomic E-state index is 11.3. The number of ketones is 1. The van der Waals surface area contributed by atoms with Crippen molar-refractivity contribution >= 4 is 34.8 Å². The van der Waals surface area contributed by atoms with Crippen LogP contribution in [0.3, 0.4) is 0 Å². The highest BCUT2D eigenvalue weighted by Crippen LogP contribution is 2.29. The van der Waals surface area contributed by atoms with E-state index in [4.69, 9.17) is 17.3 Å². The Morgan fingerprint density at radius 2 is 2.11 bits per heavy atom. The third-order valence-electron chi connectivity index (χ3n) is 2.32. The van der Waals surface area contributed by atoms with Gasteiger partial charge in [0.1, 0.15) is 5.03 Å². The lowest BCUT2D eigenvalue weighted by atomic mass is 10.1. The number of carbonyl (C=O) groups excluding carboxylic acids is 1. The first-order chi connectivity index (χ1) is 8.56. The SMILES string of the molecule is CC(=O)c1ccc(Sc2ccc(Cl)cn2)cc1N. The van der Waals surface area contributed by atoms with E-state index in [1.165, 1.54) is 18.7 Å². The van der Waals surface area contributed by atoms with Crippen molar-refractivity contribution in [2.24, 2.45) is 0 Å². The molecule has 3 nitrogen and oxygen atoms in total. The number of carbonyl (C=O) groups is 1. The van der Waals surface area contributed by atoms with Gasteiger partial charge in [-0.2, -0.15) is 0 Å². The molecule has 1 heterocycles. The highest BCUT2D eigenvalue weighted by Gasteiger charge is 2.06. The maximum Gasteiger partial charge on any atom is 0.161 e. The van der Waals surface area contributed by atoms with Gasteiger partial charge < -0.3 is 5.73 Å². The molecule has 92 valence electrons. The molecule has 0 spiro atoms. The van der Waals surface area contributed by atoms with Crippen molar-refractivity contribution in [1.82, 2.24) is 4.98 Å². The summed E-state index contributed by atoms with van der Waals surface area (Å²) >= 11 is 7.24. The number of pyridine rings is 1. The number of rotatable bonds is 3. The molecule has 2 aromatic rings. The average Bonchev–Trinajstić information content (AvgIpc) is 2.32. The predicted octanol–water partition coefficient (Wildman–Crippen LogP) is 3.67. The van der Waals surface area contributed by atoms with E-state index >= 15 is 0 Å². The standard InChI is InChI=1S/C13H11ClN2OS/c1-8(17)11-4-3-10(6-12(11)15)18-13-5-2-9(14)7-16-13/h2-7H,15H2,1H3. The molecule has 1 aromatic heterocycles. The quantitative estimate of drug-likeness (QED) is 0.687. The van der Waals surface area contributed by atoms with Crippen LogP contribution in [0.1, 0.15) is 17.3 Å². The Kier molecular flexibility index (Phi) is 3.89. The molecule has 0 saturated heterocycles. The number of halogens is 1. The van der Waals surface area contributed by atoms with Gasteiger partial charge in [-0.1, -0.05) is 23.4 Å². The lowest BCUT2D eigenvalue weighted by Gasteiger charge is -2.05.